The summed E-state index contributed by atoms with van der Waals surface area (Å²) in [4.78, 5) is 44.2. The minimum Gasteiger partial charge on any atom is -0.465 e. The lowest BCUT2D eigenvalue weighted by atomic mass is 9.76. The molecule has 9 nitrogen and oxygen atoms in total. The molecule has 0 fully saturated rings. The van der Waals surface area contributed by atoms with Crippen LogP contribution in [0.1, 0.15) is 52.5 Å². The quantitative estimate of drug-likeness (QED) is 0.247. The molecule has 0 unspecified atom stereocenters. The molecule has 2 atom stereocenters. The number of halogens is 3. The molecule has 0 aliphatic rings. The lowest BCUT2D eigenvalue weighted by molar-refractivity contribution is -0.141. The molecule has 13 heteroatoms. The highest BCUT2D eigenvalue weighted by Gasteiger charge is 2.46. The number of carboxylic acid groups (broad SMARTS) is 1. The number of carbonyl (C=O) groups is 3. The molecule has 216 valence electrons. The number of Topliss-reactive ketones (excluding diaryl/α,β-unsaturated/α-hetero) is 1. The molecule has 3 rings (SSSR count). The molecule has 0 saturated carbocycles. The summed E-state index contributed by atoms with van der Waals surface area (Å²) in [7, 11) is 0. The second-order valence-electron chi connectivity index (χ2n) is 10.0. The van der Waals surface area contributed by atoms with E-state index in [0.717, 1.165) is 28.4 Å². The number of nitrogens with zero attached hydrogens (tertiary/aromatic N) is 4. The number of alkyl halides is 3. The normalized spacial score (nSPS) is 13.5. The number of ketones is 1. The van der Waals surface area contributed by atoms with Crippen LogP contribution in [-0.2, 0) is 22.3 Å². The van der Waals surface area contributed by atoms with Crippen LogP contribution in [0.2, 0.25) is 0 Å². The van der Waals surface area contributed by atoms with E-state index in [-0.39, 0.29) is 11.7 Å². The predicted octanol–water partition coefficient (Wildman–Crippen LogP) is 6.19. The van der Waals surface area contributed by atoms with Crippen LogP contribution in [0, 0.1) is 5.41 Å². The lowest BCUT2D eigenvalue weighted by Crippen LogP contribution is -2.59. The van der Waals surface area contributed by atoms with E-state index >= 15 is 0 Å². The van der Waals surface area contributed by atoms with E-state index < -0.39 is 47.0 Å². The van der Waals surface area contributed by atoms with Gasteiger partial charge in [0.05, 0.1) is 23.8 Å². The molecule has 0 bridgehead atoms. The van der Waals surface area contributed by atoms with Crippen molar-refractivity contribution in [1.29, 1.82) is 0 Å². The van der Waals surface area contributed by atoms with Crippen LogP contribution >= 0.6 is 11.3 Å². The van der Waals surface area contributed by atoms with Gasteiger partial charge in [0.15, 0.2) is 5.13 Å². The molecule has 0 saturated heterocycles. The molecule has 0 aliphatic carbocycles. The minimum atomic E-state index is -4.46. The highest BCUT2D eigenvalue weighted by atomic mass is 32.1. The number of thiazole rings is 1. The summed E-state index contributed by atoms with van der Waals surface area (Å²) in [6.07, 6.45) is -1.29. The van der Waals surface area contributed by atoms with Gasteiger partial charge in [-0.2, -0.15) is 18.3 Å². The number of nitrogens with one attached hydrogen (secondary N) is 1. The van der Waals surface area contributed by atoms with Gasteiger partial charge in [-0.1, -0.05) is 46.2 Å². The molecule has 3 aromatic rings. The lowest BCUT2D eigenvalue weighted by Gasteiger charge is -2.42. The standard InChI is InChI=1S/C27H32F3N5O4S/c1-5-12-26(3,4)22(21(36)23(37)32-24-31-13-15-40-24)35(25(38)39)19(6-2)16-34-14-11-20(33-34)17-7-9-18(10-8-17)27(28,29)30/h7-11,13-15,19,22H,5-6,12,16H2,1-4H3,(H,38,39)(H,31,32,37)/t19-,22+/m0/s1. The van der Waals surface area contributed by atoms with E-state index in [1.54, 1.807) is 38.4 Å². The first-order chi connectivity index (χ1) is 18.8. The second-order valence-corrected chi connectivity index (χ2v) is 10.9. The topological polar surface area (TPSA) is 117 Å². The third-order valence-corrected chi connectivity index (χ3v) is 7.36. The van der Waals surface area contributed by atoms with Crippen LogP contribution in [0.4, 0.5) is 23.1 Å². The van der Waals surface area contributed by atoms with E-state index in [1.807, 2.05) is 6.92 Å². The van der Waals surface area contributed by atoms with Gasteiger partial charge in [0, 0.05) is 23.3 Å². The van der Waals surface area contributed by atoms with E-state index in [1.165, 1.54) is 23.0 Å². The van der Waals surface area contributed by atoms with Crippen molar-refractivity contribution in [2.24, 2.45) is 5.41 Å². The van der Waals surface area contributed by atoms with Crippen LogP contribution in [0.3, 0.4) is 0 Å². The minimum absolute atomic E-state index is 0.0590. The molecule has 2 amide bonds. The molecule has 0 aliphatic heterocycles. The Bertz CT molecular complexity index is 1310. The number of rotatable bonds is 12. The number of aromatic nitrogens is 3. The SMILES string of the molecule is CCCC(C)(C)[C@@H](C(=O)C(=O)Nc1nccs1)N(C(=O)O)[C@@H](CC)Cn1ccc(-c2ccc(C(F)(F)F)cc2)n1. The number of hydrogen-bond acceptors (Lipinski definition) is 6. The van der Waals surface area contributed by atoms with E-state index in [0.29, 0.717) is 30.5 Å². The average Bonchev–Trinajstić information content (AvgIpc) is 3.57. The van der Waals surface area contributed by atoms with Crippen molar-refractivity contribution in [3.63, 3.8) is 0 Å². The molecule has 40 heavy (non-hydrogen) atoms. The molecule has 1 aromatic carbocycles. The average molecular weight is 580 g/mol. The van der Waals surface area contributed by atoms with Gasteiger partial charge < -0.3 is 5.11 Å². The van der Waals surface area contributed by atoms with Crippen LogP contribution in [-0.4, -0.2) is 54.6 Å². The molecule has 2 N–H and O–H groups in total. The predicted molar refractivity (Wildman–Crippen MR) is 145 cm³/mol. The Morgan fingerprint density at radius 3 is 2.33 bits per heavy atom. The van der Waals surface area contributed by atoms with Crippen LogP contribution < -0.4 is 5.32 Å². The highest BCUT2D eigenvalue weighted by Crippen LogP contribution is 2.34. The van der Waals surface area contributed by atoms with Gasteiger partial charge in [-0.05, 0) is 36.5 Å². The zero-order chi connectivity index (χ0) is 29.7. The highest BCUT2D eigenvalue weighted by molar-refractivity contribution is 7.13. The summed E-state index contributed by atoms with van der Waals surface area (Å²) < 4.78 is 40.3. The maximum absolute atomic E-state index is 13.6. The van der Waals surface area contributed by atoms with E-state index in [9.17, 15) is 32.7 Å². The summed E-state index contributed by atoms with van der Waals surface area (Å²) in [6.45, 7) is 7.26. The van der Waals surface area contributed by atoms with Gasteiger partial charge in [0.2, 0.25) is 5.78 Å². The van der Waals surface area contributed by atoms with E-state index in [4.69, 9.17) is 0 Å². The number of anilines is 1. The van der Waals surface area contributed by atoms with Gasteiger partial charge in [0.25, 0.3) is 5.91 Å². The first-order valence-corrected chi connectivity index (χ1v) is 13.6. The fraction of sp³-hybridized carbons (Fsp3) is 0.444. The maximum Gasteiger partial charge on any atom is 0.416 e. The summed E-state index contributed by atoms with van der Waals surface area (Å²) in [5.41, 5.74) is -0.783. The van der Waals surface area contributed by atoms with Gasteiger partial charge in [-0.3, -0.25) is 24.5 Å². The summed E-state index contributed by atoms with van der Waals surface area (Å²) >= 11 is 1.14. The zero-order valence-electron chi connectivity index (χ0n) is 22.6. The summed E-state index contributed by atoms with van der Waals surface area (Å²) in [5, 5.41) is 19.1. The Labute approximate surface area is 234 Å². The monoisotopic (exact) mass is 579 g/mol. The molecule has 0 spiro atoms. The smallest absolute Gasteiger partial charge is 0.416 e. The summed E-state index contributed by atoms with van der Waals surface area (Å²) in [6, 6.07) is 4.16. The third-order valence-electron chi connectivity index (χ3n) is 6.67. The first-order valence-electron chi connectivity index (χ1n) is 12.8. The number of benzene rings is 1. The van der Waals surface area contributed by atoms with Gasteiger partial charge in [-0.25, -0.2) is 9.78 Å². The van der Waals surface area contributed by atoms with E-state index in [2.05, 4.69) is 15.4 Å². The van der Waals surface area contributed by atoms with Crippen molar-refractivity contribution in [2.75, 3.05) is 5.32 Å². The molecular formula is C27H32F3N5O4S. The van der Waals surface area contributed by atoms with Gasteiger partial charge in [-0.15, -0.1) is 11.3 Å². The van der Waals surface area contributed by atoms with Crippen LogP contribution in [0.5, 0.6) is 0 Å². The summed E-state index contributed by atoms with van der Waals surface area (Å²) in [5.74, 6) is -1.84. The molecular weight excluding hydrogens is 547 g/mol. The maximum atomic E-state index is 13.6. The molecule has 2 aromatic heterocycles. The third kappa shape index (κ3) is 7.26. The van der Waals surface area contributed by atoms with Crippen molar-refractivity contribution in [3.8, 4) is 11.3 Å². The second kappa shape index (κ2) is 12.6. The van der Waals surface area contributed by atoms with Crippen molar-refractivity contribution in [2.45, 2.75) is 71.8 Å². The zero-order valence-corrected chi connectivity index (χ0v) is 23.4. The van der Waals surface area contributed by atoms with Gasteiger partial charge >= 0.3 is 12.3 Å². The van der Waals surface area contributed by atoms with Crippen molar-refractivity contribution >= 4 is 34.3 Å². The number of hydrogen-bond donors (Lipinski definition) is 2. The van der Waals surface area contributed by atoms with Crippen molar-refractivity contribution < 1.29 is 32.7 Å². The number of carbonyl (C=O) groups excluding carboxylic acids is 2. The van der Waals surface area contributed by atoms with Crippen LogP contribution in [0.25, 0.3) is 11.3 Å². The van der Waals surface area contributed by atoms with Crippen molar-refractivity contribution in [1.82, 2.24) is 19.7 Å². The van der Waals surface area contributed by atoms with Crippen LogP contribution in [0.15, 0.2) is 48.1 Å². The Morgan fingerprint density at radius 1 is 1.12 bits per heavy atom. The Balaban J connectivity index is 1.90. The Hall–Kier alpha value is -3.74. The molecule has 2 heterocycles. The van der Waals surface area contributed by atoms with Gasteiger partial charge in [0.1, 0.15) is 6.04 Å². The molecule has 0 radical (unpaired) electrons. The fourth-order valence-corrected chi connectivity index (χ4v) is 5.29. The number of amides is 2. The Kier molecular flexibility index (Phi) is 9.72. The largest absolute Gasteiger partial charge is 0.465 e. The fourth-order valence-electron chi connectivity index (χ4n) is 4.76. The van der Waals surface area contributed by atoms with Crippen molar-refractivity contribution in [3.05, 3.63) is 53.7 Å². The Morgan fingerprint density at radius 2 is 1.80 bits per heavy atom. The first kappa shape index (κ1) is 30.8.